The quantitative estimate of drug-likeness (QED) is 0.662. The lowest BCUT2D eigenvalue weighted by molar-refractivity contribution is 1.28. The van der Waals surface area contributed by atoms with Gasteiger partial charge in [-0.1, -0.05) is 6.08 Å². The van der Waals surface area contributed by atoms with E-state index in [2.05, 4.69) is 4.98 Å². The summed E-state index contributed by atoms with van der Waals surface area (Å²) in [7, 11) is 0. The highest BCUT2D eigenvalue weighted by Crippen LogP contribution is 2.14. The molecule has 54 valence electrons. The molecule has 0 aliphatic carbocycles. The predicted molar refractivity (Wildman–Crippen MR) is 43.6 cm³/mol. The van der Waals surface area contributed by atoms with Crippen LogP contribution in [0.4, 0.5) is 5.13 Å². The van der Waals surface area contributed by atoms with Crippen molar-refractivity contribution >= 4 is 16.5 Å². The summed E-state index contributed by atoms with van der Waals surface area (Å²) >= 11 is 1.49. The number of aromatic nitrogens is 1. The molecule has 0 saturated heterocycles. The molecule has 1 aromatic heterocycles. The second-order valence-corrected chi connectivity index (χ2v) is 2.94. The van der Waals surface area contributed by atoms with Crippen LogP contribution in [0.25, 0.3) is 0 Å². The zero-order chi connectivity index (χ0) is 7.40. The Balaban J connectivity index is 2.58. The third-order valence-corrected chi connectivity index (χ3v) is 1.88. The van der Waals surface area contributed by atoms with Crippen LogP contribution in [0.15, 0.2) is 18.5 Å². The largest absolute Gasteiger partial charge is 0.405 e. The number of rotatable bonds is 2. The molecule has 4 heteroatoms. The van der Waals surface area contributed by atoms with Gasteiger partial charge in [0.15, 0.2) is 5.13 Å². The molecule has 0 amide bonds. The fourth-order valence-electron chi connectivity index (χ4n) is 0.601. The van der Waals surface area contributed by atoms with Crippen molar-refractivity contribution in [3.8, 4) is 0 Å². The van der Waals surface area contributed by atoms with Crippen molar-refractivity contribution in [2.45, 2.75) is 6.42 Å². The van der Waals surface area contributed by atoms with Crippen molar-refractivity contribution in [3.63, 3.8) is 0 Å². The zero-order valence-corrected chi connectivity index (χ0v) is 6.27. The molecule has 0 bridgehead atoms. The van der Waals surface area contributed by atoms with E-state index in [1.165, 1.54) is 17.5 Å². The summed E-state index contributed by atoms with van der Waals surface area (Å²) in [6.07, 6.45) is 5.98. The van der Waals surface area contributed by atoms with Crippen LogP contribution in [0, 0.1) is 0 Å². The molecule has 1 rings (SSSR count). The molecular weight excluding hydrogens is 146 g/mol. The van der Waals surface area contributed by atoms with E-state index in [0.29, 0.717) is 5.13 Å². The van der Waals surface area contributed by atoms with Gasteiger partial charge in [-0.05, 0) is 6.20 Å². The standard InChI is InChI=1S/C6H9N3S/c7-3-1-2-5-4-9-6(8)10-5/h1,3-4H,2,7H2,(H2,8,9). The molecule has 0 atom stereocenters. The molecular formula is C6H9N3S. The Morgan fingerprint density at radius 2 is 2.50 bits per heavy atom. The Hall–Kier alpha value is -1.03. The van der Waals surface area contributed by atoms with Crippen LogP contribution in [-0.4, -0.2) is 4.98 Å². The van der Waals surface area contributed by atoms with Crippen molar-refractivity contribution in [2.75, 3.05) is 5.73 Å². The Bertz CT molecular complexity index is 229. The Labute approximate surface area is 63.4 Å². The van der Waals surface area contributed by atoms with Crippen molar-refractivity contribution < 1.29 is 0 Å². The van der Waals surface area contributed by atoms with Crippen LogP contribution in [0.2, 0.25) is 0 Å². The number of nitrogens with two attached hydrogens (primary N) is 2. The van der Waals surface area contributed by atoms with Gasteiger partial charge in [-0.2, -0.15) is 0 Å². The van der Waals surface area contributed by atoms with Gasteiger partial charge in [0.1, 0.15) is 0 Å². The maximum absolute atomic E-state index is 5.40. The number of hydrogen-bond acceptors (Lipinski definition) is 4. The van der Waals surface area contributed by atoms with Gasteiger partial charge in [-0.25, -0.2) is 4.98 Å². The summed E-state index contributed by atoms with van der Waals surface area (Å²) in [5.41, 5.74) is 10.6. The topological polar surface area (TPSA) is 64.9 Å². The fraction of sp³-hybridized carbons (Fsp3) is 0.167. The zero-order valence-electron chi connectivity index (χ0n) is 5.45. The SMILES string of the molecule is NC=CCc1cnc(N)s1. The molecule has 1 aromatic rings. The van der Waals surface area contributed by atoms with Crippen LogP contribution in [0.3, 0.4) is 0 Å². The van der Waals surface area contributed by atoms with Crippen LogP contribution in [0.1, 0.15) is 4.88 Å². The highest BCUT2D eigenvalue weighted by molar-refractivity contribution is 7.15. The molecule has 0 aromatic carbocycles. The molecule has 0 saturated carbocycles. The Morgan fingerprint density at radius 3 is 3.00 bits per heavy atom. The van der Waals surface area contributed by atoms with E-state index >= 15 is 0 Å². The minimum absolute atomic E-state index is 0.612. The highest BCUT2D eigenvalue weighted by Gasteiger charge is 1.93. The minimum atomic E-state index is 0.612. The van der Waals surface area contributed by atoms with Gasteiger partial charge in [0.2, 0.25) is 0 Å². The lowest BCUT2D eigenvalue weighted by Crippen LogP contribution is -1.78. The van der Waals surface area contributed by atoms with Gasteiger partial charge in [-0.3, -0.25) is 0 Å². The molecule has 4 N–H and O–H groups in total. The normalized spacial score (nSPS) is 10.8. The molecule has 0 radical (unpaired) electrons. The van der Waals surface area contributed by atoms with Crippen molar-refractivity contribution in [3.05, 3.63) is 23.3 Å². The first-order chi connectivity index (χ1) is 4.83. The first-order valence-corrected chi connectivity index (χ1v) is 3.71. The minimum Gasteiger partial charge on any atom is -0.405 e. The lowest BCUT2D eigenvalue weighted by atomic mass is 10.4. The third kappa shape index (κ3) is 1.73. The monoisotopic (exact) mass is 155 g/mol. The van der Waals surface area contributed by atoms with E-state index in [4.69, 9.17) is 11.5 Å². The van der Waals surface area contributed by atoms with Crippen LogP contribution >= 0.6 is 11.3 Å². The number of nitrogens with zero attached hydrogens (tertiary/aromatic N) is 1. The molecule has 1 heterocycles. The maximum atomic E-state index is 5.40. The van der Waals surface area contributed by atoms with Crippen molar-refractivity contribution in [1.29, 1.82) is 0 Å². The first kappa shape index (κ1) is 7.08. The molecule has 0 fully saturated rings. The van der Waals surface area contributed by atoms with E-state index in [1.807, 2.05) is 6.08 Å². The van der Waals surface area contributed by atoms with Gasteiger partial charge < -0.3 is 11.5 Å². The van der Waals surface area contributed by atoms with Crippen molar-refractivity contribution in [2.24, 2.45) is 5.73 Å². The highest BCUT2D eigenvalue weighted by atomic mass is 32.1. The molecule has 0 unspecified atom stereocenters. The fourth-order valence-corrected chi connectivity index (χ4v) is 1.26. The Morgan fingerprint density at radius 1 is 1.70 bits per heavy atom. The predicted octanol–water partition coefficient (Wildman–Crippen LogP) is 0.740. The number of anilines is 1. The summed E-state index contributed by atoms with van der Waals surface area (Å²) < 4.78 is 0. The number of thiazole rings is 1. The molecule has 0 aliphatic rings. The van der Waals surface area contributed by atoms with E-state index in [9.17, 15) is 0 Å². The van der Waals surface area contributed by atoms with E-state index in [-0.39, 0.29) is 0 Å². The number of allylic oxidation sites excluding steroid dienone is 1. The average molecular weight is 155 g/mol. The van der Waals surface area contributed by atoms with Gasteiger partial charge in [0, 0.05) is 17.5 Å². The third-order valence-electron chi connectivity index (χ3n) is 1.03. The van der Waals surface area contributed by atoms with Crippen LogP contribution in [-0.2, 0) is 6.42 Å². The van der Waals surface area contributed by atoms with Crippen LogP contribution in [0.5, 0.6) is 0 Å². The smallest absolute Gasteiger partial charge is 0.180 e. The number of nitrogen functional groups attached to an aromatic ring is 1. The lowest BCUT2D eigenvalue weighted by Gasteiger charge is -1.82. The van der Waals surface area contributed by atoms with Gasteiger partial charge in [-0.15, -0.1) is 11.3 Å². The molecule has 0 aliphatic heterocycles. The van der Waals surface area contributed by atoms with Crippen LogP contribution < -0.4 is 11.5 Å². The van der Waals surface area contributed by atoms with E-state index in [0.717, 1.165) is 11.3 Å². The van der Waals surface area contributed by atoms with Gasteiger partial charge >= 0.3 is 0 Å². The second kappa shape index (κ2) is 3.22. The van der Waals surface area contributed by atoms with E-state index in [1.54, 1.807) is 6.20 Å². The first-order valence-electron chi connectivity index (χ1n) is 2.90. The van der Waals surface area contributed by atoms with Crippen molar-refractivity contribution in [1.82, 2.24) is 4.98 Å². The van der Waals surface area contributed by atoms with Gasteiger partial charge in [0.05, 0.1) is 0 Å². The average Bonchev–Trinajstić information content (AvgIpc) is 2.31. The Kier molecular flexibility index (Phi) is 2.28. The summed E-state index contributed by atoms with van der Waals surface area (Å²) in [5, 5.41) is 0.612. The summed E-state index contributed by atoms with van der Waals surface area (Å²) in [4.78, 5) is 5.03. The summed E-state index contributed by atoms with van der Waals surface area (Å²) in [6.45, 7) is 0. The van der Waals surface area contributed by atoms with E-state index < -0.39 is 0 Å². The number of hydrogen-bond donors (Lipinski definition) is 2. The van der Waals surface area contributed by atoms with Gasteiger partial charge in [0.25, 0.3) is 0 Å². The molecule has 0 spiro atoms. The molecule has 3 nitrogen and oxygen atoms in total. The summed E-state index contributed by atoms with van der Waals surface area (Å²) in [5.74, 6) is 0. The maximum Gasteiger partial charge on any atom is 0.180 e. The second-order valence-electron chi connectivity index (χ2n) is 1.80. The molecule has 10 heavy (non-hydrogen) atoms. The summed E-state index contributed by atoms with van der Waals surface area (Å²) in [6, 6.07) is 0.